The van der Waals surface area contributed by atoms with Crippen molar-refractivity contribution in [2.45, 2.75) is 26.2 Å². The Morgan fingerprint density at radius 3 is 2.53 bits per heavy atom. The molecule has 3 N–H and O–H groups in total. The molecular weight excluding hydrogens is 458 g/mol. The minimum absolute atomic E-state index is 0.0711. The van der Waals surface area contributed by atoms with Crippen LogP contribution in [0.5, 0.6) is 0 Å². The number of amides is 3. The molecule has 0 saturated carbocycles. The fraction of sp³-hybridized carbons (Fsp3) is 0.444. The summed E-state index contributed by atoms with van der Waals surface area (Å²) in [5.41, 5.74) is 2.77. The minimum Gasteiger partial charge on any atom is -0.383 e. The normalized spacial score (nSPS) is 13.6. The van der Waals surface area contributed by atoms with Crippen molar-refractivity contribution in [1.29, 1.82) is 0 Å². The van der Waals surface area contributed by atoms with Crippen LogP contribution in [0.1, 0.15) is 46.9 Å². The van der Waals surface area contributed by atoms with Gasteiger partial charge in [-0.25, -0.2) is 4.79 Å². The van der Waals surface area contributed by atoms with E-state index in [0.717, 1.165) is 26.2 Å². The molecule has 36 heavy (non-hydrogen) atoms. The fourth-order valence-corrected chi connectivity index (χ4v) is 4.12. The molecule has 9 nitrogen and oxygen atoms in total. The smallest absolute Gasteiger partial charge is 0.326 e. The van der Waals surface area contributed by atoms with Gasteiger partial charge in [-0.1, -0.05) is 18.6 Å². The highest BCUT2D eigenvalue weighted by Gasteiger charge is 2.17. The van der Waals surface area contributed by atoms with E-state index < -0.39 is 0 Å². The molecule has 2 aromatic rings. The average molecular weight is 496 g/mol. The van der Waals surface area contributed by atoms with Gasteiger partial charge in [0.05, 0.1) is 12.2 Å². The van der Waals surface area contributed by atoms with Gasteiger partial charge in [-0.2, -0.15) is 0 Å². The van der Waals surface area contributed by atoms with Gasteiger partial charge in [-0.15, -0.1) is 0 Å². The van der Waals surface area contributed by atoms with E-state index in [4.69, 9.17) is 4.74 Å². The van der Waals surface area contributed by atoms with Crippen molar-refractivity contribution >= 4 is 34.8 Å². The molecule has 1 fully saturated rings. The number of methoxy groups -OCH3 is 1. The second-order valence-electron chi connectivity index (χ2n) is 8.93. The Labute approximate surface area is 213 Å². The van der Waals surface area contributed by atoms with Crippen LogP contribution in [0.2, 0.25) is 0 Å². The van der Waals surface area contributed by atoms with Crippen molar-refractivity contribution in [3.8, 4) is 0 Å². The van der Waals surface area contributed by atoms with Crippen molar-refractivity contribution in [2.75, 3.05) is 69.0 Å². The number of urea groups is 1. The summed E-state index contributed by atoms with van der Waals surface area (Å²) >= 11 is 0. The molecule has 9 heteroatoms. The van der Waals surface area contributed by atoms with E-state index in [2.05, 4.69) is 20.9 Å². The van der Waals surface area contributed by atoms with Crippen molar-refractivity contribution in [3.05, 3.63) is 53.6 Å². The molecule has 1 aliphatic heterocycles. The molecule has 0 radical (unpaired) electrons. The lowest BCUT2D eigenvalue weighted by Gasteiger charge is -2.26. The summed E-state index contributed by atoms with van der Waals surface area (Å²) in [4.78, 5) is 41.4. The van der Waals surface area contributed by atoms with Gasteiger partial charge in [0.25, 0.3) is 5.91 Å². The van der Waals surface area contributed by atoms with Crippen LogP contribution in [0, 0.1) is 0 Å². The number of hydrogen-bond donors (Lipinski definition) is 3. The number of ether oxygens (including phenoxy) is 1. The Kier molecular flexibility index (Phi) is 10.3. The van der Waals surface area contributed by atoms with Crippen LogP contribution in [-0.4, -0.2) is 76.1 Å². The minimum atomic E-state index is -0.382. The maximum atomic E-state index is 12.9. The Hall–Kier alpha value is -3.43. The number of ketones is 1. The first-order chi connectivity index (χ1) is 17.4. The monoisotopic (exact) mass is 495 g/mol. The van der Waals surface area contributed by atoms with Crippen LogP contribution in [0.4, 0.5) is 21.9 Å². The molecule has 2 aromatic carbocycles. The number of nitrogens with one attached hydrogen (secondary N) is 3. The Morgan fingerprint density at radius 2 is 1.81 bits per heavy atom. The molecule has 3 amide bonds. The summed E-state index contributed by atoms with van der Waals surface area (Å²) in [6, 6.07) is 11.8. The van der Waals surface area contributed by atoms with Crippen molar-refractivity contribution in [2.24, 2.45) is 0 Å². The van der Waals surface area contributed by atoms with Crippen LogP contribution in [0.25, 0.3) is 0 Å². The zero-order chi connectivity index (χ0) is 25.9. The average Bonchev–Trinajstić information content (AvgIpc) is 2.89. The molecule has 0 aliphatic carbocycles. The van der Waals surface area contributed by atoms with Crippen LogP contribution in [0.3, 0.4) is 0 Å². The van der Waals surface area contributed by atoms with Gasteiger partial charge >= 0.3 is 6.03 Å². The maximum absolute atomic E-state index is 12.9. The predicted molar refractivity (Wildman–Crippen MR) is 143 cm³/mol. The number of likely N-dealkylation sites (tertiary alicyclic amines) is 1. The topological polar surface area (TPSA) is 103 Å². The first-order valence-corrected chi connectivity index (χ1v) is 12.4. The van der Waals surface area contributed by atoms with E-state index in [1.165, 1.54) is 31.1 Å². The molecule has 1 heterocycles. The van der Waals surface area contributed by atoms with Gasteiger partial charge in [-0.3, -0.25) is 14.5 Å². The SMILES string of the molecule is COCCNC(=O)c1cc(NC(=O)N(C)c2cccc(C(C)=O)c2)ccc1NCCN1CCCCC1. The van der Waals surface area contributed by atoms with E-state index in [-0.39, 0.29) is 17.7 Å². The maximum Gasteiger partial charge on any atom is 0.326 e. The molecule has 1 aliphatic rings. The molecule has 194 valence electrons. The molecule has 0 atom stereocenters. The summed E-state index contributed by atoms with van der Waals surface area (Å²) in [6.07, 6.45) is 3.75. The molecule has 1 saturated heterocycles. The standard InChI is InChI=1S/C27H37N5O4/c1-20(33)21-8-7-9-23(18-21)31(2)27(35)30-22-10-11-25(24(19-22)26(34)29-13-17-36-3)28-12-16-32-14-5-4-6-15-32/h7-11,18-19,28H,4-6,12-17H2,1-3H3,(H,29,34)(H,30,35). The number of benzene rings is 2. The highest BCUT2D eigenvalue weighted by molar-refractivity contribution is 6.05. The van der Waals surface area contributed by atoms with E-state index in [0.29, 0.717) is 41.3 Å². The molecule has 0 aromatic heterocycles. The third-order valence-corrected chi connectivity index (χ3v) is 6.24. The number of nitrogens with zero attached hydrogens (tertiary/aromatic N) is 2. The number of rotatable bonds is 11. The van der Waals surface area contributed by atoms with Crippen LogP contribution >= 0.6 is 0 Å². The van der Waals surface area contributed by atoms with Crippen LogP contribution in [0.15, 0.2) is 42.5 Å². The Bertz CT molecular complexity index is 1050. The molecule has 0 bridgehead atoms. The van der Waals surface area contributed by atoms with Gasteiger partial charge in [0.15, 0.2) is 5.78 Å². The lowest BCUT2D eigenvalue weighted by Crippen LogP contribution is -2.34. The molecular formula is C27H37N5O4. The lowest BCUT2D eigenvalue weighted by molar-refractivity contribution is 0.0937. The summed E-state index contributed by atoms with van der Waals surface area (Å²) in [6.45, 7) is 6.13. The quantitative estimate of drug-likeness (QED) is 0.323. The first-order valence-electron chi connectivity index (χ1n) is 12.4. The predicted octanol–water partition coefficient (Wildman–Crippen LogP) is 3.83. The second kappa shape index (κ2) is 13.6. The van der Waals surface area contributed by atoms with Crippen molar-refractivity contribution < 1.29 is 19.1 Å². The Balaban J connectivity index is 1.71. The zero-order valence-electron chi connectivity index (χ0n) is 21.4. The number of Topliss-reactive ketones (excluding diaryl/α,β-unsaturated/α-hetero) is 1. The highest BCUT2D eigenvalue weighted by Crippen LogP contribution is 2.23. The van der Waals surface area contributed by atoms with Crippen molar-refractivity contribution in [3.63, 3.8) is 0 Å². The van der Waals surface area contributed by atoms with Crippen LogP contribution < -0.4 is 20.9 Å². The first kappa shape index (κ1) is 27.2. The van der Waals surface area contributed by atoms with E-state index >= 15 is 0 Å². The van der Waals surface area contributed by atoms with Gasteiger partial charge in [-0.05, 0) is 63.2 Å². The third kappa shape index (κ3) is 7.79. The van der Waals surface area contributed by atoms with Crippen LogP contribution in [-0.2, 0) is 4.74 Å². The fourth-order valence-electron chi connectivity index (χ4n) is 4.12. The highest BCUT2D eigenvalue weighted by atomic mass is 16.5. The lowest BCUT2D eigenvalue weighted by atomic mass is 10.1. The van der Waals surface area contributed by atoms with Gasteiger partial charge in [0, 0.05) is 56.4 Å². The van der Waals surface area contributed by atoms with E-state index in [1.807, 2.05) is 6.07 Å². The molecule has 0 spiro atoms. The Morgan fingerprint density at radius 1 is 1.03 bits per heavy atom. The number of carbonyl (C=O) groups excluding carboxylic acids is 3. The van der Waals surface area contributed by atoms with Gasteiger partial charge < -0.3 is 25.6 Å². The molecule has 0 unspecified atom stereocenters. The number of anilines is 3. The zero-order valence-corrected chi connectivity index (χ0v) is 21.4. The van der Waals surface area contributed by atoms with E-state index in [9.17, 15) is 14.4 Å². The van der Waals surface area contributed by atoms with E-state index in [1.54, 1.807) is 50.6 Å². The number of carbonyl (C=O) groups is 3. The number of hydrogen-bond acceptors (Lipinski definition) is 6. The summed E-state index contributed by atoms with van der Waals surface area (Å²) < 4.78 is 5.04. The number of piperidine rings is 1. The second-order valence-corrected chi connectivity index (χ2v) is 8.93. The van der Waals surface area contributed by atoms with Gasteiger partial charge in [0.1, 0.15) is 0 Å². The third-order valence-electron chi connectivity index (χ3n) is 6.24. The van der Waals surface area contributed by atoms with Gasteiger partial charge in [0.2, 0.25) is 0 Å². The summed E-state index contributed by atoms with van der Waals surface area (Å²) in [7, 11) is 3.21. The van der Waals surface area contributed by atoms with Crippen molar-refractivity contribution in [1.82, 2.24) is 10.2 Å². The largest absolute Gasteiger partial charge is 0.383 e. The molecule has 3 rings (SSSR count). The summed E-state index contributed by atoms with van der Waals surface area (Å²) in [5.74, 6) is -0.315. The summed E-state index contributed by atoms with van der Waals surface area (Å²) in [5, 5.41) is 9.09.